The number of nitrogens with one attached hydrogen (secondary N) is 3. The molecule has 106 valence electrons. The van der Waals surface area contributed by atoms with Crippen LogP contribution in [0, 0.1) is 0 Å². The Morgan fingerprint density at radius 1 is 0.857 bits per heavy atom. The number of aromatic amines is 1. The number of hydrogen-bond acceptors (Lipinski definition) is 1. The van der Waals surface area contributed by atoms with Crippen molar-refractivity contribution < 1.29 is 22.2 Å². The number of rotatable bonds is 2. The maximum atomic E-state index is 11.9. The van der Waals surface area contributed by atoms with Crippen molar-refractivity contribution in [1.29, 1.82) is 0 Å². The number of anilines is 2. The molecule has 0 saturated carbocycles. The van der Waals surface area contributed by atoms with Gasteiger partial charge in [-0.3, -0.25) is 0 Å². The van der Waals surface area contributed by atoms with E-state index in [1.165, 1.54) is 0 Å². The van der Waals surface area contributed by atoms with Crippen LogP contribution < -0.4 is 28.0 Å². The zero-order valence-electron chi connectivity index (χ0n) is 11.1. The van der Waals surface area contributed by atoms with Gasteiger partial charge in [0.25, 0.3) is 0 Å². The first-order chi connectivity index (χ1) is 9.81. The summed E-state index contributed by atoms with van der Waals surface area (Å²) >= 11 is 0. The van der Waals surface area contributed by atoms with Gasteiger partial charge >= 0.3 is 6.03 Å². The molecule has 3 rings (SSSR count). The van der Waals surface area contributed by atoms with Gasteiger partial charge in [0.1, 0.15) is 5.69 Å². The van der Waals surface area contributed by atoms with Crippen LogP contribution in [0.2, 0.25) is 0 Å². The van der Waals surface area contributed by atoms with Crippen LogP contribution in [0.1, 0.15) is 0 Å². The molecule has 2 amide bonds. The molecule has 0 unspecified atom stereocenters. The van der Waals surface area contributed by atoms with Gasteiger partial charge in [-0.2, -0.15) is 0 Å². The molecule has 4 nitrogen and oxygen atoms in total. The number of pyridine rings is 1. The van der Waals surface area contributed by atoms with E-state index in [2.05, 4.69) is 15.6 Å². The van der Waals surface area contributed by atoms with Crippen molar-refractivity contribution in [3.63, 3.8) is 0 Å². The lowest BCUT2D eigenvalue weighted by molar-refractivity contribution is -0.343. The van der Waals surface area contributed by atoms with Crippen molar-refractivity contribution in [1.82, 2.24) is 0 Å². The van der Waals surface area contributed by atoms with Crippen LogP contribution in [0.25, 0.3) is 10.9 Å². The number of amides is 2. The van der Waals surface area contributed by atoms with E-state index in [9.17, 15) is 4.79 Å². The number of carbonyl (C=O) groups is 1. The van der Waals surface area contributed by atoms with Crippen molar-refractivity contribution in [2.75, 3.05) is 10.6 Å². The number of carbonyl (C=O) groups excluding carboxylic acids is 1. The van der Waals surface area contributed by atoms with Gasteiger partial charge < -0.3 is 23.0 Å². The van der Waals surface area contributed by atoms with Gasteiger partial charge in [0, 0.05) is 17.1 Å². The van der Waals surface area contributed by atoms with Gasteiger partial charge in [-0.1, -0.05) is 30.3 Å². The van der Waals surface area contributed by atoms with Crippen LogP contribution in [-0.4, -0.2) is 6.03 Å². The molecule has 3 N–H and O–H groups in total. The average molecular weight is 300 g/mol. The van der Waals surface area contributed by atoms with Crippen LogP contribution in [0.5, 0.6) is 0 Å². The Labute approximate surface area is 128 Å². The Kier molecular flexibility index (Phi) is 4.74. The summed E-state index contributed by atoms with van der Waals surface area (Å²) in [6.45, 7) is 0. The lowest BCUT2D eigenvalue weighted by atomic mass is 10.2. The molecular formula is C16H14ClN3O. The molecular weight excluding hydrogens is 286 g/mol. The summed E-state index contributed by atoms with van der Waals surface area (Å²) in [6.07, 6.45) is 1.77. The highest BCUT2D eigenvalue weighted by atomic mass is 35.5. The van der Waals surface area contributed by atoms with Crippen molar-refractivity contribution in [3.8, 4) is 0 Å². The first kappa shape index (κ1) is 14.8. The molecule has 0 aliphatic rings. The van der Waals surface area contributed by atoms with Crippen molar-refractivity contribution in [3.05, 3.63) is 66.9 Å². The Balaban J connectivity index is 0.00000161. The summed E-state index contributed by atoms with van der Waals surface area (Å²) in [5.74, 6) is 0. The molecule has 0 aliphatic heterocycles. The zero-order valence-corrected chi connectivity index (χ0v) is 11.9. The maximum absolute atomic E-state index is 11.9. The van der Waals surface area contributed by atoms with Gasteiger partial charge in [-0.15, -0.1) is 0 Å². The third kappa shape index (κ3) is 3.70. The molecule has 0 saturated heterocycles. The molecule has 0 bridgehead atoms. The fourth-order valence-corrected chi connectivity index (χ4v) is 2.01. The molecule has 0 aliphatic carbocycles. The quantitative estimate of drug-likeness (QED) is 0.703. The van der Waals surface area contributed by atoms with E-state index < -0.39 is 0 Å². The molecule has 2 aromatic carbocycles. The van der Waals surface area contributed by atoms with E-state index in [0.29, 0.717) is 0 Å². The van der Waals surface area contributed by atoms with Crippen molar-refractivity contribution in [2.24, 2.45) is 0 Å². The van der Waals surface area contributed by atoms with Gasteiger partial charge in [0.15, 0.2) is 6.20 Å². The van der Waals surface area contributed by atoms with Gasteiger partial charge in [0.05, 0.1) is 0 Å². The molecule has 1 aromatic heterocycles. The Morgan fingerprint density at radius 2 is 1.52 bits per heavy atom. The smallest absolute Gasteiger partial charge is 0.323 e. The Hall–Kier alpha value is -2.59. The standard InChI is InChI=1S/C16H13N3O.ClH/c20-16(18-13-7-2-1-3-8-13)19-14-10-12-6-4-5-9-15(12)17-11-14;/h1-11H,(H2,18,19,20);1H. The van der Waals surface area contributed by atoms with E-state index >= 15 is 0 Å². The summed E-state index contributed by atoms with van der Waals surface area (Å²) in [6, 6.07) is 18.9. The minimum atomic E-state index is -0.264. The second-order valence-electron chi connectivity index (χ2n) is 4.42. The highest BCUT2D eigenvalue weighted by molar-refractivity contribution is 6.00. The third-order valence-corrected chi connectivity index (χ3v) is 2.94. The molecule has 0 spiro atoms. The molecule has 0 radical (unpaired) electrons. The number of urea groups is 1. The first-order valence-corrected chi connectivity index (χ1v) is 6.35. The summed E-state index contributed by atoms with van der Waals surface area (Å²) < 4.78 is 0. The number of hydrogen-bond donors (Lipinski definition) is 2. The number of halogens is 1. The normalized spacial score (nSPS) is 9.71. The van der Waals surface area contributed by atoms with Crippen molar-refractivity contribution in [2.45, 2.75) is 0 Å². The Bertz CT molecular complexity index is 747. The number of aromatic nitrogens is 1. The third-order valence-electron chi connectivity index (χ3n) is 2.94. The van der Waals surface area contributed by atoms with Crippen LogP contribution >= 0.6 is 0 Å². The maximum Gasteiger partial charge on any atom is 0.323 e. The molecule has 5 heteroatoms. The summed E-state index contributed by atoms with van der Waals surface area (Å²) in [7, 11) is 0. The largest absolute Gasteiger partial charge is 1.00 e. The minimum absolute atomic E-state index is 0. The fraction of sp³-hybridized carbons (Fsp3) is 0. The fourth-order valence-electron chi connectivity index (χ4n) is 2.01. The molecule has 21 heavy (non-hydrogen) atoms. The highest BCUT2D eigenvalue weighted by Gasteiger charge is 2.06. The van der Waals surface area contributed by atoms with Gasteiger partial charge in [-0.05, 0) is 24.3 Å². The van der Waals surface area contributed by atoms with Crippen LogP contribution in [0.4, 0.5) is 16.2 Å². The van der Waals surface area contributed by atoms with E-state index in [-0.39, 0.29) is 18.4 Å². The molecule has 0 fully saturated rings. The van der Waals surface area contributed by atoms with Gasteiger partial charge in [0.2, 0.25) is 5.52 Å². The molecule has 3 aromatic rings. The summed E-state index contributed by atoms with van der Waals surface area (Å²) in [5, 5.41) is 6.62. The van der Waals surface area contributed by atoms with Crippen molar-refractivity contribution >= 4 is 28.3 Å². The SMILES string of the molecule is O=C(Nc1ccccc1)Nc1c[nH+]c2ccccc2c1.[Cl-]. The minimum Gasteiger partial charge on any atom is -1.00 e. The number of fused-ring (bicyclic) bond motifs is 1. The number of H-pyrrole nitrogens is 1. The molecule has 1 heterocycles. The lowest BCUT2D eigenvalue weighted by Crippen LogP contribution is -3.00. The lowest BCUT2D eigenvalue weighted by Gasteiger charge is -2.06. The van der Waals surface area contributed by atoms with E-state index in [1.807, 2.05) is 60.7 Å². The monoisotopic (exact) mass is 299 g/mol. The second kappa shape index (κ2) is 6.72. The van der Waals surface area contributed by atoms with Crippen LogP contribution in [-0.2, 0) is 0 Å². The average Bonchev–Trinajstić information content (AvgIpc) is 2.48. The molecule has 0 atom stereocenters. The predicted octanol–water partition coefficient (Wildman–Crippen LogP) is 0.302. The summed E-state index contributed by atoms with van der Waals surface area (Å²) in [5.41, 5.74) is 2.51. The number of benzene rings is 2. The van der Waals surface area contributed by atoms with Gasteiger partial charge in [-0.25, -0.2) is 9.78 Å². The number of para-hydroxylation sites is 2. The summed E-state index contributed by atoms with van der Waals surface area (Å²) in [4.78, 5) is 15.0. The topological polar surface area (TPSA) is 55.3 Å². The van der Waals surface area contributed by atoms with E-state index in [4.69, 9.17) is 0 Å². The van der Waals surface area contributed by atoms with E-state index in [1.54, 1.807) is 6.20 Å². The van der Waals surface area contributed by atoms with E-state index in [0.717, 1.165) is 22.3 Å². The first-order valence-electron chi connectivity index (χ1n) is 6.35. The zero-order chi connectivity index (χ0) is 13.8. The highest BCUT2D eigenvalue weighted by Crippen LogP contribution is 2.14. The van der Waals surface area contributed by atoms with Crippen LogP contribution in [0.15, 0.2) is 66.9 Å². The van der Waals surface area contributed by atoms with Crippen LogP contribution in [0.3, 0.4) is 0 Å². The second-order valence-corrected chi connectivity index (χ2v) is 4.42. The Morgan fingerprint density at radius 3 is 2.33 bits per heavy atom. The predicted molar refractivity (Wildman–Crippen MR) is 79.6 cm³/mol.